The molecule has 0 aliphatic rings. The Morgan fingerprint density at radius 3 is 2.85 bits per heavy atom. The highest BCUT2D eigenvalue weighted by atomic mass is 16.1. The van der Waals surface area contributed by atoms with Crippen LogP contribution in [-0.2, 0) is 11.3 Å². The molecule has 1 aromatic heterocycles. The lowest BCUT2D eigenvalue weighted by Crippen LogP contribution is -2.13. The first-order chi connectivity index (χ1) is 9.54. The quantitative estimate of drug-likeness (QED) is 0.815. The number of benzene rings is 1. The standard InChI is InChI=1S/C14H19N5O/c1-10-16-11(2)19(18-10)8-4-7-14(20)17-13-6-3-5-12(15)9-13/h3,5-6,9H,4,7-8,15H2,1-2H3,(H,17,20). The van der Waals surface area contributed by atoms with Gasteiger partial charge < -0.3 is 11.1 Å². The number of anilines is 2. The Bertz CT molecular complexity index is 605. The number of aryl methyl sites for hydroxylation is 3. The van der Waals surface area contributed by atoms with Crippen LogP contribution in [0.1, 0.15) is 24.5 Å². The summed E-state index contributed by atoms with van der Waals surface area (Å²) in [7, 11) is 0. The molecule has 0 radical (unpaired) electrons. The van der Waals surface area contributed by atoms with Gasteiger partial charge in [-0.25, -0.2) is 4.98 Å². The van der Waals surface area contributed by atoms with E-state index in [1.165, 1.54) is 0 Å². The van der Waals surface area contributed by atoms with E-state index in [-0.39, 0.29) is 5.91 Å². The number of aromatic nitrogens is 3. The van der Waals surface area contributed by atoms with Crippen LogP contribution in [0.4, 0.5) is 11.4 Å². The summed E-state index contributed by atoms with van der Waals surface area (Å²) in [5.41, 5.74) is 7.02. The van der Waals surface area contributed by atoms with E-state index in [1.807, 2.05) is 30.7 Å². The predicted octanol–water partition coefficient (Wildman–Crippen LogP) is 1.90. The summed E-state index contributed by atoms with van der Waals surface area (Å²) in [6.07, 6.45) is 1.16. The minimum Gasteiger partial charge on any atom is -0.399 e. The largest absolute Gasteiger partial charge is 0.399 e. The van der Waals surface area contributed by atoms with Crippen LogP contribution < -0.4 is 11.1 Å². The van der Waals surface area contributed by atoms with Crippen molar-refractivity contribution >= 4 is 17.3 Å². The third kappa shape index (κ3) is 3.81. The molecule has 0 spiro atoms. The van der Waals surface area contributed by atoms with Crippen LogP contribution in [0.15, 0.2) is 24.3 Å². The van der Waals surface area contributed by atoms with Gasteiger partial charge >= 0.3 is 0 Å². The number of hydrogen-bond donors (Lipinski definition) is 2. The molecule has 0 saturated carbocycles. The first kappa shape index (κ1) is 14.0. The van der Waals surface area contributed by atoms with Gasteiger partial charge in [0.2, 0.25) is 5.91 Å². The topological polar surface area (TPSA) is 85.8 Å². The molecule has 0 atom stereocenters. The monoisotopic (exact) mass is 273 g/mol. The highest BCUT2D eigenvalue weighted by Gasteiger charge is 2.05. The van der Waals surface area contributed by atoms with Crippen LogP contribution in [0.2, 0.25) is 0 Å². The second-order valence-electron chi connectivity index (χ2n) is 4.71. The van der Waals surface area contributed by atoms with Crippen molar-refractivity contribution in [1.29, 1.82) is 0 Å². The Morgan fingerprint density at radius 1 is 1.40 bits per heavy atom. The van der Waals surface area contributed by atoms with Crippen molar-refractivity contribution in [3.05, 3.63) is 35.9 Å². The van der Waals surface area contributed by atoms with Gasteiger partial charge in [-0.3, -0.25) is 9.48 Å². The van der Waals surface area contributed by atoms with Gasteiger partial charge in [-0.2, -0.15) is 5.10 Å². The van der Waals surface area contributed by atoms with Crippen molar-refractivity contribution in [3.63, 3.8) is 0 Å². The number of nitrogen functional groups attached to an aromatic ring is 1. The van der Waals surface area contributed by atoms with Gasteiger partial charge in [-0.15, -0.1) is 0 Å². The van der Waals surface area contributed by atoms with E-state index in [4.69, 9.17) is 5.73 Å². The summed E-state index contributed by atoms with van der Waals surface area (Å²) in [5, 5.41) is 7.08. The molecule has 1 aromatic carbocycles. The van der Waals surface area contributed by atoms with Crippen LogP contribution in [-0.4, -0.2) is 20.7 Å². The molecule has 106 valence electrons. The minimum absolute atomic E-state index is 0.0231. The molecule has 1 amide bonds. The van der Waals surface area contributed by atoms with Gasteiger partial charge in [0.05, 0.1) is 0 Å². The summed E-state index contributed by atoms with van der Waals surface area (Å²) in [6, 6.07) is 7.15. The first-order valence-electron chi connectivity index (χ1n) is 6.58. The normalized spacial score (nSPS) is 10.5. The van der Waals surface area contributed by atoms with Gasteiger partial charge in [0, 0.05) is 24.3 Å². The average molecular weight is 273 g/mol. The lowest BCUT2D eigenvalue weighted by molar-refractivity contribution is -0.116. The highest BCUT2D eigenvalue weighted by molar-refractivity contribution is 5.91. The smallest absolute Gasteiger partial charge is 0.224 e. The van der Waals surface area contributed by atoms with E-state index in [9.17, 15) is 4.79 Å². The fraction of sp³-hybridized carbons (Fsp3) is 0.357. The summed E-state index contributed by atoms with van der Waals surface area (Å²) in [4.78, 5) is 16.0. The summed E-state index contributed by atoms with van der Waals surface area (Å²) in [5.74, 6) is 1.61. The Hall–Kier alpha value is -2.37. The zero-order valence-electron chi connectivity index (χ0n) is 11.8. The molecule has 3 N–H and O–H groups in total. The van der Waals surface area contributed by atoms with Crippen LogP contribution >= 0.6 is 0 Å². The Labute approximate surface area is 118 Å². The number of nitrogens with zero attached hydrogens (tertiary/aromatic N) is 3. The second-order valence-corrected chi connectivity index (χ2v) is 4.71. The molecule has 0 saturated heterocycles. The molecule has 0 aliphatic heterocycles. The van der Waals surface area contributed by atoms with Crippen molar-refractivity contribution in [3.8, 4) is 0 Å². The Morgan fingerprint density at radius 2 is 2.20 bits per heavy atom. The van der Waals surface area contributed by atoms with E-state index in [0.29, 0.717) is 18.7 Å². The maximum Gasteiger partial charge on any atom is 0.224 e. The van der Waals surface area contributed by atoms with Gasteiger partial charge in [0.25, 0.3) is 0 Å². The van der Waals surface area contributed by atoms with E-state index in [2.05, 4.69) is 15.4 Å². The molecule has 0 fully saturated rings. The molecule has 1 heterocycles. The van der Waals surface area contributed by atoms with Crippen molar-refractivity contribution in [2.45, 2.75) is 33.2 Å². The molecule has 6 nitrogen and oxygen atoms in total. The molecule has 20 heavy (non-hydrogen) atoms. The number of amides is 1. The molecule has 0 aliphatic carbocycles. The molecule has 2 rings (SSSR count). The summed E-state index contributed by atoms with van der Waals surface area (Å²) < 4.78 is 1.82. The van der Waals surface area contributed by atoms with Gasteiger partial charge in [0.15, 0.2) is 0 Å². The van der Waals surface area contributed by atoms with Gasteiger partial charge in [-0.05, 0) is 38.5 Å². The van der Waals surface area contributed by atoms with Crippen LogP contribution in [0, 0.1) is 13.8 Å². The number of nitrogens with two attached hydrogens (primary N) is 1. The van der Waals surface area contributed by atoms with E-state index in [0.717, 1.165) is 23.8 Å². The Balaban J connectivity index is 1.79. The SMILES string of the molecule is Cc1nc(C)n(CCCC(=O)Nc2cccc(N)c2)n1. The summed E-state index contributed by atoms with van der Waals surface area (Å²) >= 11 is 0. The van der Waals surface area contributed by atoms with Crippen molar-refractivity contribution < 1.29 is 4.79 Å². The molecular formula is C14H19N5O. The zero-order chi connectivity index (χ0) is 14.5. The third-order valence-electron chi connectivity index (χ3n) is 2.91. The Kier molecular flexibility index (Phi) is 4.34. The maximum atomic E-state index is 11.8. The summed E-state index contributed by atoms with van der Waals surface area (Å²) in [6.45, 7) is 4.46. The van der Waals surface area contributed by atoms with Crippen LogP contribution in [0.25, 0.3) is 0 Å². The predicted molar refractivity (Wildman–Crippen MR) is 78.2 cm³/mol. The van der Waals surface area contributed by atoms with Gasteiger partial charge in [0.1, 0.15) is 11.6 Å². The zero-order valence-corrected chi connectivity index (χ0v) is 11.8. The first-order valence-corrected chi connectivity index (χ1v) is 6.58. The number of rotatable bonds is 5. The number of carbonyl (C=O) groups is 1. The van der Waals surface area contributed by atoms with Crippen LogP contribution in [0.3, 0.4) is 0 Å². The van der Waals surface area contributed by atoms with Crippen molar-refractivity contribution in [2.24, 2.45) is 0 Å². The molecule has 6 heteroatoms. The lowest BCUT2D eigenvalue weighted by atomic mass is 10.2. The fourth-order valence-electron chi connectivity index (χ4n) is 2.00. The fourth-order valence-corrected chi connectivity index (χ4v) is 2.00. The average Bonchev–Trinajstić information content (AvgIpc) is 2.68. The number of nitrogens with one attached hydrogen (secondary N) is 1. The van der Waals surface area contributed by atoms with Crippen LogP contribution in [0.5, 0.6) is 0 Å². The number of hydrogen-bond acceptors (Lipinski definition) is 4. The molecule has 0 unspecified atom stereocenters. The second kappa shape index (κ2) is 6.18. The molecular weight excluding hydrogens is 254 g/mol. The van der Waals surface area contributed by atoms with E-state index < -0.39 is 0 Å². The van der Waals surface area contributed by atoms with Gasteiger partial charge in [-0.1, -0.05) is 6.07 Å². The maximum absolute atomic E-state index is 11.8. The minimum atomic E-state index is -0.0231. The molecule has 2 aromatic rings. The lowest BCUT2D eigenvalue weighted by Gasteiger charge is -2.06. The van der Waals surface area contributed by atoms with E-state index >= 15 is 0 Å². The van der Waals surface area contributed by atoms with Crippen molar-refractivity contribution in [2.75, 3.05) is 11.1 Å². The number of carbonyl (C=O) groups excluding carboxylic acids is 1. The third-order valence-corrected chi connectivity index (χ3v) is 2.91. The van der Waals surface area contributed by atoms with E-state index in [1.54, 1.807) is 12.1 Å². The molecule has 0 bridgehead atoms. The highest BCUT2D eigenvalue weighted by Crippen LogP contribution is 2.12. The van der Waals surface area contributed by atoms with Crippen molar-refractivity contribution in [1.82, 2.24) is 14.8 Å².